The molecule has 0 radical (unpaired) electrons. The van der Waals surface area contributed by atoms with Gasteiger partial charge in [-0.05, 0) is 43.0 Å². The fraction of sp³-hybridized carbons (Fsp3) is 0.600. The first kappa shape index (κ1) is 17.5. The van der Waals surface area contributed by atoms with Crippen molar-refractivity contribution >= 4 is 23.1 Å². The highest BCUT2D eigenvalue weighted by Gasteiger charge is 2.52. The fourth-order valence-corrected chi connectivity index (χ4v) is 4.92. The van der Waals surface area contributed by atoms with E-state index in [-0.39, 0.29) is 36.9 Å². The number of Topliss-reactive ketones (excluding diaryl/α,β-unsaturated/α-hetero) is 1. The Bertz CT molecular complexity index is 762. The number of hydrogen-bond acceptors (Lipinski definition) is 5. The molecule has 3 aliphatic rings. The summed E-state index contributed by atoms with van der Waals surface area (Å²) in [6, 6.07) is 3.87. The lowest BCUT2D eigenvalue weighted by molar-refractivity contribution is -0.126. The van der Waals surface area contributed by atoms with Crippen molar-refractivity contribution in [1.29, 1.82) is 0 Å². The Kier molecular flexibility index (Phi) is 4.28. The van der Waals surface area contributed by atoms with Gasteiger partial charge in [-0.3, -0.25) is 9.59 Å². The molecule has 0 saturated heterocycles. The van der Waals surface area contributed by atoms with Gasteiger partial charge in [0.15, 0.2) is 5.78 Å². The van der Waals surface area contributed by atoms with Crippen LogP contribution < -0.4 is 10.2 Å². The van der Waals surface area contributed by atoms with Crippen molar-refractivity contribution in [1.82, 2.24) is 0 Å². The van der Waals surface area contributed by atoms with Crippen LogP contribution in [0.25, 0.3) is 0 Å². The first-order valence-corrected chi connectivity index (χ1v) is 9.46. The lowest BCUT2D eigenvalue weighted by Gasteiger charge is -2.25. The number of aliphatic hydroxyl groups excluding tert-OH is 1. The Morgan fingerprint density at radius 2 is 2.15 bits per heavy atom. The number of methoxy groups -OCH3 is 1. The third kappa shape index (κ3) is 2.25. The minimum absolute atomic E-state index is 0.114. The molecule has 1 aromatic carbocycles. The van der Waals surface area contributed by atoms with E-state index < -0.39 is 5.41 Å². The highest BCUT2D eigenvalue weighted by atomic mass is 16.5. The molecule has 1 aromatic rings. The van der Waals surface area contributed by atoms with Crippen LogP contribution in [0.2, 0.25) is 0 Å². The number of ether oxygens (including phenoxy) is 1. The zero-order chi connectivity index (χ0) is 18.5. The highest BCUT2D eigenvalue weighted by Crippen LogP contribution is 2.50. The molecule has 140 valence electrons. The van der Waals surface area contributed by atoms with E-state index in [0.29, 0.717) is 13.0 Å². The maximum atomic E-state index is 13.1. The van der Waals surface area contributed by atoms with E-state index in [1.54, 1.807) is 12.0 Å². The molecule has 0 bridgehead atoms. The fourth-order valence-electron chi connectivity index (χ4n) is 4.92. The number of nitrogens with zero attached hydrogens (tertiary/aromatic N) is 1. The average Bonchev–Trinajstić information content (AvgIpc) is 3.03. The SMILES string of the molecule is CCN1C(=O)C(CO)(COC)c2cc3c(cc21)C1CCCCC(=O)C1N3. The number of likely N-dealkylation sites (N-methyl/N-ethyl adjacent to an activating group) is 1. The molecule has 0 aromatic heterocycles. The number of benzene rings is 1. The van der Waals surface area contributed by atoms with Gasteiger partial charge in [0.2, 0.25) is 5.91 Å². The number of nitrogens with one attached hydrogen (secondary N) is 1. The summed E-state index contributed by atoms with van der Waals surface area (Å²) < 4.78 is 5.31. The van der Waals surface area contributed by atoms with Crippen LogP contribution in [0, 0.1) is 0 Å². The molecule has 0 spiro atoms. The van der Waals surface area contributed by atoms with E-state index >= 15 is 0 Å². The van der Waals surface area contributed by atoms with Crippen LogP contribution in [0.4, 0.5) is 11.4 Å². The van der Waals surface area contributed by atoms with E-state index in [1.165, 1.54) is 0 Å². The van der Waals surface area contributed by atoms with Crippen LogP contribution in [-0.4, -0.2) is 49.7 Å². The number of rotatable bonds is 4. The molecule has 4 rings (SSSR count). The van der Waals surface area contributed by atoms with E-state index in [9.17, 15) is 14.7 Å². The van der Waals surface area contributed by atoms with Crippen molar-refractivity contribution in [2.75, 3.05) is 37.1 Å². The smallest absolute Gasteiger partial charge is 0.242 e. The average molecular weight is 358 g/mol. The largest absolute Gasteiger partial charge is 0.395 e. The Morgan fingerprint density at radius 1 is 1.35 bits per heavy atom. The number of fused-ring (bicyclic) bond motifs is 4. The standard InChI is InChI=1S/C20H26N2O4/c1-3-22-16-8-13-12-6-4-5-7-17(24)18(12)21-15(13)9-14(16)20(10-23,11-26-2)19(22)25/h8-9,12,18,21,23H,3-7,10-11H2,1-2H3. The number of carbonyl (C=O) groups excluding carboxylic acids is 2. The van der Waals surface area contributed by atoms with Crippen molar-refractivity contribution in [2.45, 2.75) is 50.0 Å². The topological polar surface area (TPSA) is 78.9 Å². The minimum atomic E-state index is -1.06. The summed E-state index contributed by atoms with van der Waals surface area (Å²) in [5.41, 5.74) is 2.63. The quantitative estimate of drug-likeness (QED) is 0.860. The second-order valence-electron chi connectivity index (χ2n) is 7.62. The van der Waals surface area contributed by atoms with Gasteiger partial charge >= 0.3 is 0 Å². The van der Waals surface area contributed by atoms with Crippen molar-refractivity contribution in [3.63, 3.8) is 0 Å². The first-order chi connectivity index (χ1) is 12.6. The lowest BCUT2D eigenvalue weighted by atomic mass is 9.81. The number of anilines is 2. The molecule has 6 heteroatoms. The zero-order valence-electron chi connectivity index (χ0n) is 15.4. The van der Waals surface area contributed by atoms with Gasteiger partial charge in [-0.2, -0.15) is 0 Å². The summed E-state index contributed by atoms with van der Waals surface area (Å²) in [4.78, 5) is 27.3. The summed E-state index contributed by atoms with van der Waals surface area (Å²) in [5.74, 6) is 0.333. The number of aliphatic hydroxyl groups is 1. The minimum Gasteiger partial charge on any atom is -0.395 e. The van der Waals surface area contributed by atoms with Crippen molar-refractivity contribution in [3.8, 4) is 0 Å². The van der Waals surface area contributed by atoms with Crippen molar-refractivity contribution in [3.05, 3.63) is 23.3 Å². The highest BCUT2D eigenvalue weighted by molar-refractivity contribution is 6.09. The molecule has 2 heterocycles. The molecule has 1 amide bonds. The summed E-state index contributed by atoms with van der Waals surface area (Å²) in [7, 11) is 1.54. The summed E-state index contributed by atoms with van der Waals surface area (Å²) in [6.07, 6.45) is 3.62. The van der Waals surface area contributed by atoms with Crippen LogP contribution in [0.5, 0.6) is 0 Å². The molecular weight excluding hydrogens is 332 g/mol. The predicted molar refractivity (Wildman–Crippen MR) is 98.7 cm³/mol. The van der Waals surface area contributed by atoms with Gasteiger partial charge in [0.25, 0.3) is 0 Å². The molecule has 26 heavy (non-hydrogen) atoms. The molecule has 6 nitrogen and oxygen atoms in total. The maximum Gasteiger partial charge on any atom is 0.242 e. The first-order valence-electron chi connectivity index (χ1n) is 9.46. The van der Waals surface area contributed by atoms with Gasteiger partial charge in [-0.1, -0.05) is 6.42 Å². The number of ketones is 1. The third-order valence-corrected chi connectivity index (χ3v) is 6.25. The Labute approximate surface area is 153 Å². The number of hydrogen-bond donors (Lipinski definition) is 2. The van der Waals surface area contributed by atoms with Crippen LogP contribution in [0.3, 0.4) is 0 Å². The Hall–Kier alpha value is -1.92. The number of amides is 1. The summed E-state index contributed by atoms with van der Waals surface area (Å²) >= 11 is 0. The van der Waals surface area contributed by atoms with Gasteiger partial charge in [-0.15, -0.1) is 0 Å². The second-order valence-corrected chi connectivity index (χ2v) is 7.62. The van der Waals surface area contributed by atoms with Crippen LogP contribution in [0.15, 0.2) is 12.1 Å². The molecule has 2 aliphatic heterocycles. The molecule has 1 saturated carbocycles. The number of carbonyl (C=O) groups is 2. The molecular formula is C20H26N2O4. The molecule has 3 unspecified atom stereocenters. The summed E-state index contributed by atoms with van der Waals surface area (Å²) in [6.45, 7) is 2.31. The van der Waals surface area contributed by atoms with Gasteiger partial charge in [0, 0.05) is 37.4 Å². The van der Waals surface area contributed by atoms with Gasteiger partial charge in [0.1, 0.15) is 5.41 Å². The van der Waals surface area contributed by atoms with Gasteiger partial charge in [0.05, 0.1) is 19.3 Å². The normalized spacial score (nSPS) is 29.9. The second kappa shape index (κ2) is 6.35. The van der Waals surface area contributed by atoms with Gasteiger partial charge < -0.3 is 20.1 Å². The van der Waals surface area contributed by atoms with Crippen LogP contribution in [0.1, 0.15) is 49.7 Å². The molecule has 3 atom stereocenters. The van der Waals surface area contributed by atoms with E-state index in [1.807, 2.05) is 13.0 Å². The van der Waals surface area contributed by atoms with Crippen LogP contribution >= 0.6 is 0 Å². The zero-order valence-corrected chi connectivity index (χ0v) is 15.4. The maximum absolute atomic E-state index is 13.1. The van der Waals surface area contributed by atoms with E-state index in [4.69, 9.17) is 4.74 Å². The Balaban J connectivity index is 1.85. The third-order valence-electron chi connectivity index (χ3n) is 6.25. The van der Waals surface area contributed by atoms with E-state index in [0.717, 1.165) is 41.8 Å². The van der Waals surface area contributed by atoms with E-state index in [2.05, 4.69) is 11.4 Å². The van der Waals surface area contributed by atoms with Gasteiger partial charge in [-0.25, -0.2) is 0 Å². The monoisotopic (exact) mass is 358 g/mol. The van der Waals surface area contributed by atoms with Crippen LogP contribution in [-0.2, 0) is 19.7 Å². The molecule has 1 fully saturated rings. The lowest BCUT2D eigenvalue weighted by Crippen LogP contribution is -2.46. The molecule has 2 N–H and O–H groups in total. The molecule has 1 aliphatic carbocycles. The summed E-state index contributed by atoms with van der Waals surface area (Å²) in [5, 5.41) is 13.5. The van der Waals surface area contributed by atoms with Crippen molar-refractivity contribution in [2.24, 2.45) is 0 Å². The predicted octanol–water partition coefficient (Wildman–Crippen LogP) is 1.95. The Morgan fingerprint density at radius 3 is 2.85 bits per heavy atom. The van der Waals surface area contributed by atoms with Crippen molar-refractivity contribution < 1.29 is 19.4 Å².